The van der Waals surface area contributed by atoms with Crippen LogP contribution >= 0.6 is 22.7 Å². The smallest absolute Gasteiger partial charge is 0.349 e. The summed E-state index contributed by atoms with van der Waals surface area (Å²) in [6, 6.07) is 22.2. The van der Waals surface area contributed by atoms with Gasteiger partial charge in [-0.25, -0.2) is 14.4 Å². The Bertz CT molecular complexity index is 1520. The zero-order chi connectivity index (χ0) is 30.4. The number of benzene rings is 2. The van der Waals surface area contributed by atoms with Crippen molar-refractivity contribution in [2.45, 2.75) is 52.7 Å². The van der Waals surface area contributed by atoms with Crippen molar-refractivity contribution in [3.05, 3.63) is 93.7 Å². The number of ether oxygens (including phenoxy) is 2. The molecule has 41 heavy (non-hydrogen) atoms. The number of hydrogen-bond acceptors (Lipinski definition) is 8. The number of carbonyl (C=O) groups excluding carboxylic acids is 3. The van der Waals surface area contributed by atoms with Gasteiger partial charge in [-0.2, -0.15) is 0 Å². The zero-order valence-electron chi connectivity index (χ0n) is 23.7. The van der Waals surface area contributed by atoms with Crippen LogP contribution in [0.25, 0.3) is 20.9 Å². The van der Waals surface area contributed by atoms with E-state index in [0.29, 0.717) is 16.7 Å². The molecule has 0 radical (unpaired) electrons. The third-order valence-electron chi connectivity index (χ3n) is 5.14. The minimum absolute atomic E-state index is 0.0203. The number of hydrogen-bond donors (Lipinski definition) is 1. The molecule has 2 aromatic heterocycles. The first-order valence-electron chi connectivity index (χ1n) is 12.7. The van der Waals surface area contributed by atoms with Crippen molar-refractivity contribution >= 4 is 46.9 Å². The van der Waals surface area contributed by atoms with Gasteiger partial charge in [0.05, 0.1) is 5.56 Å². The van der Waals surface area contributed by atoms with Crippen LogP contribution < -0.4 is 0 Å². The monoisotopic (exact) mass is 592 g/mol. The third kappa shape index (κ3) is 8.96. The topological polar surface area (TPSA) is 107 Å². The van der Waals surface area contributed by atoms with E-state index in [1.807, 2.05) is 60.7 Å². The fourth-order valence-corrected chi connectivity index (χ4v) is 5.53. The first kappa shape index (κ1) is 31.4. The molecule has 2 heterocycles. The van der Waals surface area contributed by atoms with Crippen molar-refractivity contribution < 1.29 is 33.8 Å². The van der Waals surface area contributed by atoms with Crippen molar-refractivity contribution in [3.8, 4) is 20.9 Å². The van der Waals surface area contributed by atoms with Gasteiger partial charge in [0.1, 0.15) is 21.0 Å². The van der Waals surface area contributed by atoms with Crippen LogP contribution in [0.5, 0.6) is 0 Å². The fourth-order valence-electron chi connectivity index (χ4n) is 3.49. The number of carboxylic acids is 1. The van der Waals surface area contributed by atoms with Crippen LogP contribution in [0.3, 0.4) is 0 Å². The molecule has 0 bridgehead atoms. The Kier molecular flexibility index (Phi) is 10.0. The number of carbonyl (C=O) groups is 4. The average molecular weight is 593 g/mol. The SMILES string of the molecule is CC(C)(C)OC(=O)c1sc(-c2ccccc2)cc1C(=O)O.CC(C)(C)OC(=O)c1sc(-c2ccccc2)cc1C=O. The maximum Gasteiger partial charge on any atom is 0.349 e. The standard InChI is InChI=1S/C16H16O4S.C16H16O3S/c1-16(2,3)20-15(19)13-11(14(17)18)9-12(21-13)10-7-5-4-6-8-10;1-16(2,3)19-15(18)14-12(10-17)9-13(20-14)11-7-5-4-6-8-11/h4-9H,1-3H3,(H,17,18);4-10H,1-3H3. The number of thiophene rings is 2. The second-order valence-corrected chi connectivity index (χ2v) is 13.0. The van der Waals surface area contributed by atoms with Gasteiger partial charge in [0.2, 0.25) is 0 Å². The Morgan fingerprint density at radius 2 is 1.10 bits per heavy atom. The molecule has 0 aliphatic rings. The zero-order valence-corrected chi connectivity index (χ0v) is 25.4. The predicted molar refractivity (Wildman–Crippen MR) is 162 cm³/mol. The van der Waals surface area contributed by atoms with Gasteiger partial charge in [-0.3, -0.25) is 4.79 Å². The van der Waals surface area contributed by atoms with Crippen molar-refractivity contribution in [1.82, 2.24) is 0 Å². The molecule has 9 heteroatoms. The summed E-state index contributed by atoms with van der Waals surface area (Å²) in [6.45, 7) is 10.6. The Balaban J connectivity index is 0.000000226. The largest absolute Gasteiger partial charge is 0.478 e. The molecular formula is C32H32O7S2. The first-order chi connectivity index (χ1) is 19.2. The molecule has 0 unspecified atom stereocenters. The van der Waals surface area contributed by atoms with Gasteiger partial charge in [-0.05, 0) is 64.8 Å². The number of rotatable bonds is 6. The van der Waals surface area contributed by atoms with Gasteiger partial charge in [-0.1, -0.05) is 60.7 Å². The van der Waals surface area contributed by atoms with E-state index in [1.54, 1.807) is 47.6 Å². The summed E-state index contributed by atoms with van der Waals surface area (Å²) in [7, 11) is 0. The molecule has 214 valence electrons. The van der Waals surface area contributed by atoms with E-state index in [2.05, 4.69) is 0 Å². The van der Waals surface area contributed by atoms with Crippen molar-refractivity contribution in [2.24, 2.45) is 0 Å². The van der Waals surface area contributed by atoms with Crippen LogP contribution in [-0.2, 0) is 9.47 Å². The predicted octanol–water partition coefficient (Wildman–Crippen LogP) is 8.25. The van der Waals surface area contributed by atoms with Crippen LogP contribution in [0, 0.1) is 0 Å². The molecule has 0 spiro atoms. The Morgan fingerprint density at radius 3 is 1.51 bits per heavy atom. The molecule has 0 aliphatic heterocycles. The molecule has 0 fully saturated rings. The maximum absolute atomic E-state index is 12.2. The highest BCUT2D eigenvalue weighted by molar-refractivity contribution is 7.18. The van der Waals surface area contributed by atoms with Crippen LogP contribution in [-0.4, -0.2) is 40.5 Å². The summed E-state index contributed by atoms with van der Waals surface area (Å²) in [5, 5.41) is 9.27. The lowest BCUT2D eigenvalue weighted by molar-refractivity contribution is 0.00611. The lowest BCUT2D eigenvalue weighted by Gasteiger charge is -2.19. The van der Waals surface area contributed by atoms with Crippen LogP contribution in [0.2, 0.25) is 0 Å². The second-order valence-electron chi connectivity index (χ2n) is 10.9. The first-order valence-corrected chi connectivity index (χ1v) is 14.4. The molecule has 0 aliphatic carbocycles. The molecule has 0 saturated heterocycles. The second kappa shape index (κ2) is 13.1. The van der Waals surface area contributed by atoms with Crippen molar-refractivity contribution in [3.63, 3.8) is 0 Å². The lowest BCUT2D eigenvalue weighted by Crippen LogP contribution is -2.24. The summed E-state index contributed by atoms with van der Waals surface area (Å²) in [4.78, 5) is 48.8. The minimum atomic E-state index is -1.13. The molecule has 0 saturated carbocycles. The number of aromatic carboxylic acids is 1. The molecule has 0 atom stereocenters. The summed E-state index contributed by atoms with van der Waals surface area (Å²) in [5.41, 5.74) is 0.976. The molecule has 2 aromatic carbocycles. The van der Waals surface area contributed by atoms with Crippen molar-refractivity contribution in [1.29, 1.82) is 0 Å². The minimum Gasteiger partial charge on any atom is -0.478 e. The normalized spacial score (nSPS) is 11.2. The summed E-state index contributed by atoms with van der Waals surface area (Å²) >= 11 is 2.41. The Labute approximate surface area is 247 Å². The van der Waals surface area contributed by atoms with Gasteiger partial charge >= 0.3 is 17.9 Å². The lowest BCUT2D eigenvalue weighted by atomic mass is 10.1. The van der Waals surface area contributed by atoms with Gasteiger partial charge in [-0.15, -0.1) is 22.7 Å². The highest BCUT2D eigenvalue weighted by Gasteiger charge is 2.26. The summed E-state index contributed by atoms with van der Waals surface area (Å²) in [6.07, 6.45) is 0.697. The van der Waals surface area contributed by atoms with E-state index in [1.165, 1.54) is 17.4 Å². The van der Waals surface area contributed by atoms with Gasteiger partial charge in [0.15, 0.2) is 6.29 Å². The number of aldehydes is 1. The van der Waals surface area contributed by atoms with Gasteiger partial charge < -0.3 is 14.6 Å². The molecule has 7 nitrogen and oxygen atoms in total. The summed E-state index contributed by atoms with van der Waals surface area (Å²) in [5.74, 6) is -2.19. The van der Waals surface area contributed by atoms with E-state index >= 15 is 0 Å². The van der Waals surface area contributed by atoms with E-state index in [0.717, 1.165) is 32.2 Å². The molecule has 0 amide bonds. The van der Waals surface area contributed by atoms with E-state index in [9.17, 15) is 24.3 Å². The number of esters is 2. The quantitative estimate of drug-likeness (QED) is 0.177. The highest BCUT2D eigenvalue weighted by atomic mass is 32.1. The van der Waals surface area contributed by atoms with Gasteiger partial charge in [0.25, 0.3) is 0 Å². The van der Waals surface area contributed by atoms with Gasteiger partial charge in [0, 0.05) is 15.3 Å². The highest BCUT2D eigenvalue weighted by Crippen LogP contribution is 2.33. The Hall–Kier alpha value is -4.08. The van der Waals surface area contributed by atoms with E-state index < -0.39 is 29.1 Å². The summed E-state index contributed by atoms with van der Waals surface area (Å²) < 4.78 is 10.6. The fraction of sp³-hybridized carbons (Fsp3) is 0.250. The number of carboxylic acid groups (broad SMARTS) is 1. The molecule has 4 aromatic rings. The van der Waals surface area contributed by atoms with E-state index in [-0.39, 0.29) is 10.4 Å². The average Bonchev–Trinajstić information content (AvgIpc) is 3.54. The van der Waals surface area contributed by atoms with Crippen LogP contribution in [0.1, 0.15) is 81.6 Å². The van der Waals surface area contributed by atoms with Crippen LogP contribution in [0.15, 0.2) is 72.8 Å². The third-order valence-corrected chi connectivity index (χ3v) is 7.48. The molecular weight excluding hydrogens is 560 g/mol. The molecule has 4 rings (SSSR count). The van der Waals surface area contributed by atoms with Crippen molar-refractivity contribution in [2.75, 3.05) is 0 Å². The maximum atomic E-state index is 12.2. The van der Waals surface area contributed by atoms with Crippen LogP contribution in [0.4, 0.5) is 0 Å². The molecule has 1 N–H and O–H groups in total. The van der Waals surface area contributed by atoms with E-state index in [4.69, 9.17) is 9.47 Å². The Morgan fingerprint density at radius 1 is 0.683 bits per heavy atom.